The van der Waals surface area contributed by atoms with Gasteiger partial charge >= 0.3 is 0 Å². The van der Waals surface area contributed by atoms with E-state index in [0.29, 0.717) is 13.2 Å². The Kier molecular flexibility index (Phi) is 6.28. The molecule has 5 nitrogen and oxygen atoms in total. The summed E-state index contributed by atoms with van der Waals surface area (Å²) in [6, 6.07) is 14.2. The van der Waals surface area contributed by atoms with Crippen LogP contribution in [-0.2, 0) is 11.2 Å². The van der Waals surface area contributed by atoms with Crippen LogP contribution in [0.2, 0.25) is 0 Å². The van der Waals surface area contributed by atoms with Gasteiger partial charge < -0.3 is 14.4 Å². The maximum atomic E-state index is 12.9. The van der Waals surface area contributed by atoms with Gasteiger partial charge in [0.05, 0.1) is 23.0 Å². The van der Waals surface area contributed by atoms with Crippen LogP contribution >= 0.6 is 11.3 Å². The number of ether oxygens (including phenoxy) is 2. The van der Waals surface area contributed by atoms with Crippen LogP contribution in [0.3, 0.4) is 0 Å². The molecule has 1 unspecified atom stereocenters. The largest absolute Gasteiger partial charge is 0.494 e. The summed E-state index contributed by atoms with van der Waals surface area (Å²) in [5.41, 5.74) is 4.06. The van der Waals surface area contributed by atoms with Gasteiger partial charge in [-0.2, -0.15) is 0 Å². The SMILES string of the molecule is CCc1ccc(OCCCN2C(=O)C(C)Oc3ccc(-c4nc(C)sc4C)cc32)cc1. The molecule has 0 radical (unpaired) electrons. The Balaban J connectivity index is 1.48. The van der Waals surface area contributed by atoms with Gasteiger partial charge in [0.25, 0.3) is 5.91 Å². The van der Waals surface area contributed by atoms with Crippen molar-refractivity contribution >= 4 is 22.9 Å². The molecule has 0 fully saturated rings. The predicted molar refractivity (Wildman–Crippen MR) is 125 cm³/mol. The molecule has 0 N–H and O–H groups in total. The Bertz CT molecular complexity index is 1070. The second kappa shape index (κ2) is 9.10. The van der Waals surface area contributed by atoms with E-state index in [1.807, 2.05) is 42.2 Å². The molecule has 2 heterocycles. The molecule has 1 atom stereocenters. The second-order valence-electron chi connectivity index (χ2n) is 7.77. The fraction of sp³-hybridized carbons (Fsp3) is 0.360. The van der Waals surface area contributed by atoms with Crippen LogP contribution in [0.5, 0.6) is 11.5 Å². The minimum atomic E-state index is -0.496. The fourth-order valence-electron chi connectivity index (χ4n) is 3.82. The molecule has 0 bridgehead atoms. The molecular formula is C25H28N2O3S. The highest BCUT2D eigenvalue weighted by Gasteiger charge is 2.31. The zero-order valence-electron chi connectivity index (χ0n) is 18.5. The summed E-state index contributed by atoms with van der Waals surface area (Å²) in [4.78, 5) is 20.5. The topological polar surface area (TPSA) is 51.7 Å². The average Bonchev–Trinajstić information content (AvgIpc) is 3.11. The predicted octanol–water partition coefficient (Wildman–Crippen LogP) is 5.57. The third kappa shape index (κ3) is 4.59. The molecule has 1 aliphatic heterocycles. The van der Waals surface area contributed by atoms with E-state index in [1.54, 1.807) is 18.3 Å². The second-order valence-corrected chi connectivity index (χ2v) is 9.18. The van der Waals surface area contributed by atoms with Crippen LogP contribution in [0.15, 0.2) is 42.5 Å². The van der Waals surface area contributed by atoms with Gasteiger partial charge in [-0.25, -0.2) is 4.98 Å². The lowest BCUT2D eigenvalue weighted by Gasteiger charge is -2.33. The number of thiazole rings is 1. The number of aryl methyl sites for hydroxylation is 3. The first kappa shape index (κ1) is 21.4. The van der Waals surface area contributed by atoms with E-state index >= 15 is 0 Å². The van der Waals surface area contributed by atoms with Crippen LogP contribution in [0.4, 0.5) is 5.69 Å². The summed E-state index contributed by atoms with van der Waals surface area (Å²) in [6.07, 6.45) is 1.25. The van der Waals surface area contributed by atoms with E-state index < -0.39 is 6.10 Å². The van der Waals surface area contributed by atoms with E-state index in [0.717, 1.165) is 46.3 Å². The first-order chi connectivity index (χ1) is 15.0. The maximum absolute atomic E-state index is 12.9. The normalized spacial score (nSPS) is 15.5. The summed E-state index contributed by atoms with van der Waals surface area (Å²) in [7, 11) is 0. The molecular weight excluding hydrogens is 408 g/mol. The minimum Gasteiger partial charge on any atom is -0.494 e. The van der Waals surface area contributed by atoms with Gasteiger partial charge in [0, 0.05) is 17.0 Å². The quantitative estimate of drug-likeness (QED) is 0.454. The van der Waals surface area contributed by atoms with E-state index in [2.05, 4.69) is 31.0 Å². The summed E-state index contributed by atoms with van der Waals surface area (Å²) in [6.45, 7) is 9.14. The smallest absolute Gasteiger partial charge is 0.267 e. The highest BCUT2D eigenvalue weighted by Crippen LogP contribution is 2.38. The number of carbonyl (C=O) groups is 1. The van der Waals surface area contributed by atoms with E-state index in [1.165, 1.54) is 10.4 Å². The number of rotatable bonds is 7. The van der Waals surface area contributed by atoms with Crippen LogP contribution in [0, 0.1) is 13.8 Å². The highest BCUT2D eigenvalue weighted by atomic mass is 32.1. The van der Waals surface area contributed by atoms with Crippen molar-refractivity contribution in [1.82, 2.24) is 4.98 Å². The molecule has 1 aliphatic rings. The third-order valence-corrected chi connectivity index (χ3v) is 6.36. The molecule has 3 aromatic rings. The zero-order chi connectivity index (χ0) is 22.0. The number of anilines is 1. The van der Waals surface area contributed by atoms with Gasteiger partial charge in [0.15, 0.2) is 6.10 Å². The Labute approximate surface area is 187 Å². The van der Waals surface area contributed by atoms with E-state index in [4.69, 9.17) is 9.47 Å². The Morgan fingerprint density at radius 1 is 1.16 bits per heavy atom. The van der Waals surface area contributed by atoms with Crippen molar-refractivity contribution in [3.05, 3.63) is 57.9 Å². The molecule has 0 saturated carbocycles. The Morgan fingerprint density at radius 2 is 1.94 bits per heavy atom. The van der Waals surface area contributed by atoms with E-state index in [-0.39, 0.29) is 5.91 Å². The summed E-state index contributed by atoms with van der Waals surface area (Å²) in [5.74, 6) is 1.57. The Hall–Kier alpha value is -2.86. The lowest BCUT2D eigenvalue weighted by atomic mass is 10.1. The van der Waals surface area contributed by atoms with Crippen molar-refractivity contribution < 1.29 is 14.3 Å². The minimum absolute atomic E-state index is 0.0249. The first-order valence-electron chi connectivity index (χ1n) is 10.7. The molecule has 1 amide bonds. The number of carbonyl (C=O) groups excluding carboxylic acids is 1. The Morgan fingerprint density at radius 3 is 2.61 bits per heavy atom. The van der Waals surface area contributed by atoms with Gasteiger partial charge in [-0.3, -0.25) is 4.79 Å². The van der Waals surface area contributed by atoms with Crippen LogP contribution in [0.25, 0.3) is 11.3 Å². The molecule has 1 aromatic heterocycles. The zero-order valence-corrected chi connectivity index (χ0v) is 19.3. The van der Waals surface area contributed by atoms with Crippen molar-refractivity contribution in [2.75, 3.05) is 18.1 Å². The molecule has 2 aromatic carbocycles. The van der Waals surface area contributed by atoms with Gasteiger partial charge in [0.1, 0.15) is 11.5 Å². The number of nitrogens with zero attached hydrogens (tertiary/aromatic N) is 2. The average molecular weight is 437 g/mol. The number of aromatic nitrogens is 1. The van der Waals surface area contributed by atoms with Crippen LogP contribution in [-0.4, -0.2) is 30.1 Å². The van der Waals surface area contributed by atoms with Gasteiger partial charge in [-0.05, 0) is 69.5 Å². The maximum Gasteiger partial charge on any atom is 0.267 e. The number of hydrogen-bond acceptors (Lipinski definition) is 5. The number of fused-ring (bicyclic) bond motifs is 1. The fourth-order valence-corrected chi connectivity index (χ4v) is 4.66. The molecule has 0 saturated heterocycles. The summed E-state index contributed by atoms with van der Waals surface area (Å²) in [5, 5.41) is 1.03. The first-order valence-corrected chi connectivity index (χ1v) is 11.6. The third-order valence-electron chi connectivity index (χ3n) is 5.47. The van der Waals surface area contributed by atoms with Crippen molar-refractivity contribution in [1.29, 1.82) is 0 Å². The van der Waals surface area contributed by atoms with Gasteiger partial charge in [0.2, 0.25) is 0 Å². The highest BCUT2D eigenvalue weighted by molar-refractivity contribution is 7.11. The lowest BCUT2D eigenvalue weighted by molar-refractivity contribution is -0.125. The van der Waals surface area contributed by atoms with Crippen molar-refractivity contribution in [3.63, 3.8) is 0 Å². The van der Waals surface area contributed by atoms with Crippen molar-refractivity contribution in [3.8, 4) is 22.8 Å². The van der Waals surface area contributed by atoms with E-state index in [9.17, 15) is 4.79 Å². The molecule has 0 spiro atoms. The lowest BCUT2D eigenvalue weighted by Crippen LogP contribution is -2.45. The number of benzene rings is 2. The molecule has 0 aliphatic carbocycles. The van der Waals surface area contributed by atoms with Crippen molar-refractivity contribution in [2.24, 2.45) is 0 Å². The monoisotopic (exact) mass is 436 g/mol. The molecule has 31 heavy (non-hydrogen) atoms. The number of hydrogen-bond donors (Lipinski definition) is 0. The number of amides is 1. The van der Waals surface area contributed by atoms with Crippen LogP contribution < -0.4 is 14.4 Å². The molecule has 162 valence electrons. The summed E-state index contributed by atoms with van der Waals surface area (Å²) >= 11 is 1.68. The van der Waals surface area contributed by atoms with Gasteiger partial charge in [-0.15, -0.1) is 11.3 Å². The molecule has 4 rings (SSSR count). The van der Waals surface area contributed by atoms with Crippen molar-refractivity contribution in [2.45, 2.75) is 46.6 Å². The standard InChI is InChI=1S/C25H28N2O3S/c1-5-19-7-10-21(11-8-19)29-14-6-13-27-22-15-20(24-17(3)31-18(4)26-24)9-12-23(22)30-16(2)25(27)28/h7-12,15-16H,5-6,13-14H2,1-4H3. The summed E-state index contributed by atoms with van der Waals surface area (Å²) < 4.78 is 11.7. The van der Waals surface area contributed by atoms with Gasteiger partial charge in [-0.1, -0.05) is 19.1 Å². The molecule has 6 heteroatoms. The van der Waals surface area contributed by atoms with Crippen LogP contribution in [0.1, 0.15) is 35.7 Å².